The van der Waals surface area contributed by atoms with E-state index in [0.717, 1.165) is 0 Å². The van der Waals surface area contributed by atoms with Crippen LogP contribution < -0.4 is 14.8 Å². The minimum atomic E-state index is -4.81. The number of carbonyl (C=O) groups excluding carboxylic acids is 2. The Hall–Kier alpha value is -3.96. The quantitative estimate of drug-likeness (QED) is 0.432. The fourth-order valence-electron chi connectivity index (χ4n) is 4.38. The van der Waals surface area contributed by atoms with Crippen LogP contribution in [0, 0.1) is 5.92 Å². The van der Waals surface area contributed by atoms with Crippen LogP contribution in [0.15, 0.2) is 42.5 Å². The molecule has 9 nitrogen and oxygen atoms in total. The number of nitrogens with zero attached hydrogens (tertiary/aromatic N) is 3. The third-order valence-corrected chi connectivity index (χ3v) is 6.18. The van der Waals surface area contributed by atoms with Crippen molar-refractivity contribution in [1.82, 2.24) is 14.5 Å². The number of methoxy groups -OCH3 is 1. The summed E-state index contributed by atoms with van der Waals surface area (Å²) in [6.07, 6.45) is -4.31. The number of aromatic nitrogens is 2. The second kappa shape index (κ2) is 11.0. The van der Waals surface area contributed by atoms with Gasteiger partial charge >= 0.3 is 12.5 Å². The van der Waals surface area contributed by atoms with Crippen LogP contribution in [0.1, 0.15) is 39.2 Å². The number of likely N-dealkylation sites (tertiary alicyclic amines) is 1. The smallest absolute Gasteiger partial charge is 0.497 e. The molecule has 0 radical (unpaired) electrons. The van der Waals surface area contributed by atoms with E-state index in [2.05, 4.69) is 15.0 Å². The Morgan fingerprint density at radius 2 is 1.77 bits per heavy atom. The first kappa shape index (κ1) is 28.1. The molecule has 1 aliphatic rings. The van der Waals surface area contributed by atoms with Gasteiger partial charge in [-0.05, 0) is 63.4 Å². The van der Waals surface area contributed by atoms with Gasteiger partial charge in [-0.2, -0.15) is 0 Å². The highest BCUT2D eigenvalue weighted by Gasteiger charge is 2.32. The molecule has 0 atom stereocenters. The zero-order valence-corrected chi connectivity index (χ0v) is 22.2. The van der Waals surface area contributed by atoms with E-state index in [-0.39, 0.29) is 30.1 Å². The summed E-state index contributed by atoms with van der Waals surface area (Å²) in [7, 11) is 1.52. The molecule has 0 aliphatic carbocycles. The van der Waals surface area contributed by atoms with Gasteiger partial charge in [0.2, 0.25) is 11.9 Å². The highest BCUT2D eigenvalue weighted by atomic mass is 19.4. The summed E-state index contributed by atoms with van der Waals surface area (Å²) in [5.74, 6) is -0.125. The predicted octanol–water partition coefficient (Wildman–Crippen LogP) is 5.58. The van der Waals surface area contributed by atoms with Gasteiger partial charge in [-0.25, -0.2) is 9.78 Å². The molecule has 1 aliphatic heterocycles. The van der Waals surface area contributed by atoms with Crippen LogP contribution in [-0.4, -0.2) is 58.6 Å². The number of piperidine rings is 1. The lowest BCUT2D eigenvalue weighted by Gasteiger charge is -2.32. The van der Waals surface area contributed by atoms with E-state index >= 15 is 0 Å². The molecule has 2 aromatic carbocycles. The van der Waals surface area contributed by atoms with Crippen molar-refractivity contribution in [3.8, 4) is 11.5 Å². The van der Waals surface area contributed by atoms with Crippen LogP contribution in [0.25, 0.3) is 11.0 Å². The highest BCUT2D eigenvalue weighted by Crippen LogP contribution is 2.29. The van der Waals surface area contributed by atoms with E-state index in [9.17, 15) is 22.8 Å². The van der Waals surface area contributed by atoms with Crippen molar-refractivity contribution in [3.05, 3.63) is 48.0 Å². The Balaban J connectivity index is 1.53. The predicted molar refractivity (Wildman–Crippen MR) is 138 cm³/mol. The number of alkyl halides is 3. The number of imidazole rings is 1. The molecule has 1 saturated heterocycles. The van der Waals surface area contributed by atoms with Crippen molar-refractivity contribution < 1.29 is 37.0 Å². The van der Waals surface area contributed by atoms with Crippen molar-refractivity contribution in [2.45, 2.75) is 52.1 Å². The lowest BCUT2D eigenvalue weighted by Crippen LogP contribution is -2.43. The summed E-state index contributed by atoms with van der Waals surface area (Å²) >= 11 is 0. The lowest BCUT2D eigenvalue weighted by molar-refractivity contribution is -0.274. The highest BCUT2D eigenvalue weighted by molar-refractivity contribution is 5.93. The third-order valence-electron chi connectivity index (χ3n) is 6.18. The number of rotatable bonds is 6. The minimum Gasteiger partial charge on any atom is -0.497 e. The number of anilines is 1. The molecule has 0 bridgehead atoms. The molecule has 12 heteroatoms. The molecule has 1 aromatic heterocycles. The molecule has 0 saturated carbocycles. The number of hydrogen-bond acceptors (Lipinski definition) is 6. The fraction of sp³-hybridized carbons (Fsp3) is 0.444. The largest absolute Gasteiger partial charge is 0.573 e. The average molecular weight is 549 g/mol. The molecule has 0 spiro atoms. The maximum Gasteiger partial charge on any atom is 0.573 e. The molecule has 4 rings (SSSR count). The van der Waals surface area contributed by atoms with Crippen LogP contribution in [0.5, 0.6) is 11.5 Å². The average Bonchev–Trinajstić information content (AvgIpc) is 3.18. The molecule has 3 aromatic rings. The van der Waals surface area contributed by atoms with Crippen LogP contribution in [-0.2, 0) is 16.1 Å². The van der Waals surface area contributed by atoms with Crippen molar-refractivity contribution in [3.63, 3.8) is 0 Å². The number of hydrogen-bond donors (Lipinski definition) is 1. The van der Waals surface area contributed by atoms with E-state index in [1.54, 1.807) is 54.5 Å². The van der Waals surface area contributed by atoms with Gasteiger partial charge in [0.25, 0.3) is 0 Å². The summed E-state index contributed by atoms with van der Waals surface area (Å²) < 4.78 is 54.7. The first-order valence-corrected chi connectivity index (χ1v) is 12.5. The van der Waals surface area contributed by atoms with E-state index in [4.69, 9.17) is 9.47 Å². The van der Waals surface area contributed by atoms with Gasteiger partial charge in [-0.1, -0.05) is 12.1 Å². The van der Waals surface area contributed by atoms with Crippen molar-refractivity contribution in [2.24, 2.45) is 5.92 Å². The fourth-order valence-corrected chi connectivity index (χ4v) is 4.38. The van der Waals surface area contributed by atoms with E-state index in [1.165, 1.54) is 25.3 Å². The Kier molecular flexibility index (Phi) is 7.94. The molecule has 2 heterocycles. The number of carbonyl (C=O) groups is 2. The number of ether oxygens (including phenoxy) is 3. The maximum atomic E-state index is 13.2. The summed E-state index contributed by atoms with van der Waals surface area (Å²) in [5.41, 5.74) is 1.12. The first-order valence-electron chi connectivity index (χ1n) is 12.5. The van der Waals surface area contributed by atoms with Gasteiger partial charge in [0.05, 0.1) is 24.7 Å². The second-order valence-corrected chi connectivity index (χ2v) is 10.3. The minimum absolute atomic E-state index is 0.130. The summed E-state index contributed by atoms with van der Waals surface area (Å²) in [4.78, 5) is 31.7. The molecular formula is C27H31F3N4O5. The Morgan fingerprint density at radius 3 is 2.41 bits per heavy atom. The molecular weight excluding hydrogens is 517 g/mol. The van der Waals surface area contributed by atoms with E-state index in [1.807, 2.05) is 0 Å². The van der Waals surface area contributed by atoms with Crippen molar-refractivity contribution in [1.29, 1.82) is 0 Å². The van der Waals surface area contributed by atoms with Crippen LogP contribution >= 0.6 is 0 Å². The second-order valence-electron chi connectivity index (χ2n) is 10.3. The van der Waals surface area contributed by atoms with E-state index in [0.29, 0.717) is 48.3 Å². The van der Waals surface area contributed by atoms with Gasteiger partial charge in [0.1, 0.15) is 17.1 Å². The van der Waals surface area contributed by atoms with Gasteiger partial charge in [0.15, 0.2) is 0 Å². The molecule has 0 unspecified atom stereocenters. The number of fused-ring (bicyclic) bond motifs is 1. The molecule has 1 fully saturated rings. The van der Waals surface area contributed by atoms with Crippen molar-refractivity contribution >= 4 is 29.0 Å². The normalized spacial score (nSPS) is 14.8. The molecule has 2 amide bonds. The standard InChI is InChI=1S/C27H31F3N4O5/c1-26(2,3)39-25(36)33-12-10-18(11-13-33)23(35)32-24-31-21-15-19(37-4)8-9-22(21)34(24)16-17-6-5-7-20(14-17)38-27(28,29)30/h5-9,14-15,18H,10-13,16H2,1-4H3,(H,31,32,35). The van der Waals surface area contributed by atoms with Gasteiger partial charge in [-0.3, -0.25) is 10.1 Å². The van der Waals surface area contributed by atoms with Gasteiger partial charge < -0.3 is 23.7 Å². The molecule has 1 N–H and O–H groups in total. The first-order chi connectivity index (χ1) is 18.3. The molecule has 39 heavy (non-hydrogen) atoms. The number of benzene rings is 2. The summed E-state index contributed by atoms with van der Waals surface area (Å²) in [6, 6.07) is 10.9. The van der Waals surface area contributed by atoms with Gasteiger partial charge in [0, 0.05) is 25.1 Å². The van der Waals surface area contributed by atoms with Gasteiger partial charge in [-0.15, -0.1) is 13.2 Å². The van der Waals surface area contributed by atoms with Crippen LogP contribution in [0.4, 0.5) is 23.9 Å². The maximum absolute atomic E-state index is 13.2. The summed E-state index contributed by atoms with van der Waals surface area (Å²) in [6.45, 7) is 6.29. The lowest BCUT2D eigenvalue weighted by atomic mass is 9.96. The summed E-state index contributed by atoms with van der Waals surface area (Å²) in [5, 5.41) is 2.89. The van der Waals surface area contributed by atoms with Crippen LogP contribution in [0.2, 0.25) is 0 Å². The zero-order valence-electron chi connectivity index (χ0n) is 22.2. The Morgan fingerprint density at radius 1 is 1.05 bits per heavy atom. The molecule has 210 valence electrons. The number of nitrogens with one attached hydrogen (secondary N) is 1. The van der Waals surface area contributed by atoms with Crippen molar-refractivity contribution in [2.75, 3.05) is 25.5 Å². The number of amides is 2. The van der Waals surface area contributed by atoms with Crippen LogP contribution in [0.3, 0.4) is 0 Å². The Bertz CT molecular complexity index is 1340. The monoisotopic (exact) mass is 548 g/mol. The van der Waals surface area contributed by atoms with E-state index < -0.39 is 18.1 Å². The topological polar surface area (TPSA) is 94.9 Å². The third kappa shape index (κ3) is 7.33. The zero-order chi connectivity index (χ0) is 28.4. The SMILES string of the molecule is COc1ccc2c(c1)nc(NC(=O)C1CCN(C(=O)OC(C)(C)C)CC1)n2Cc1cccc(OC(F)(F)F)c1. The number of halogens is 3. The Labute approximate surface area is 223 Å².